The van der Waals surface area contributed by atoms with E-state index in [9.17, 15) is 26.3 Å². The van der Waals surface area contributed by atoms with E-state index in [0.717, 1.165) is 6.92 Å². The minimum Gasteiger partial charge on any atom is -0.241 e. The van der Waals surface area contributed by atoms with Gasteiger partial charge in [-0.05, 0) is 6.92 Å². The summed E-state index contributed by atoms with van der Waals surface area (Å²) in [6.07, 6.45) is -4.33. The van der Waals surface area contributed by atoms with Gasteiger partial charge in [-0.25, -0.2) is 8.78 Å². The summed E-state index contributed by atoms with van der Waals surface area (Å²) in [5.74, 6) is -10.5. The predicted molar refractivity (Wildman–Crippen MR) is 39.9 cm³/mol. The molecule has 0 radical (unpaired) electrons. The van der Waals surface area contributed by atoms with Crippen molar-refractivity contribution in [1.29, 1.82) is 0 Å². The van der Waals surface area contributed by atoms with Crippen LogP contribution < -0.4 is 0 Å². The van der Waals surface area contributed by atoms with E-state index in [0.29, 0.717) is 6.92 Å². The van der Waals surface area contributed by atoms with Crippen molar-refractivity contribution in [3.63, 3.8) is 0 Å². The fraction of sp³-hybridized carbons (Fsp3) is 0.750. The van der Waals surface area contributed by atoms with Gasteiger partial charge in [-0.3, -0.25) is 0 Å². The summed E-state index contributed by atoms with van der Waals surface area (Å²) in [7, 11) is 0. The van der Waals surface area contributed by atoms with Crippen LogP contribution in [0.4, 0.5) is 26.3 Å². The first kappa shape index (κ1) is 13.3. The Bertz CT molecular complexity index is 218. The van der Waals surface area contributed by atoms with E-state index in [-0.39, 0.29) is 0 Å². The van der Waals surface area contributed by atoms with Crippen LogP contribution in [0.2, 0.25) is 0 Å². The maximum atomic E-state index is 12.5. The van der Waals surface area contributed by atoms with Gasteiger partial charge in [0, 0.05) is 12.5 Å². The Morgan fingerprint density at radius 3 is 2.00 bits per heavy atom. The molecule has 6 heteroatoms. The van der Waals surface area contributed by atoms with Crippen molar-refractivity contribution in [2.75, 3.05) is 0 Å². The number of alkyl halides is 5. The standard InChI is InChI=1S/C8H10F6/c1-3-7(11,12)6(10)4-8(13,14)5(2)9/h4-5H,3H2,1-2H3/b6-4-/t5-/m1/s1. The number of allylic oxidation sites excluding steroid dienone is 2. The van der Waals surface area contributed by atoms with Crippen LogP contribution in [0.15, 0.2) is 11.9 Å². The first-order valence-electron chi connectivity index (χ1n) is 3.92. The van der Waals surface area contributed by atoms with Gasteiger partial charge in [-0.1, -0.05) is 6.92 Å². The Balaban J connectivity index is 4.84. The molecule has 84 valence electrons. The van der Waals surface area contributed by atoms with Gasteiger partial charge in [0.1, 0.15) is 0 Å². The van der Waals surface area contributed by atoms with Crippen LogP contribution in [0.3, 0.4) is 0 Å². The highest BCUT2D eigenvalue weighted by Gasteiger charge is 2.41. The van der Waals surface area contributed by atoms with Gasteiger partial charge in [-0.15, -0.1) is 0 Å². The molecule has 0 spiro atoms. The predicted octanol–water partition coefficient (Wildman–Crippen LogP) is 3.88. The molecule has 0 heterocycles. The Morgan fingerprint density at radius 2 is 1.71 bits per heavy atom. The zero-order valence-corrected chi connectivity index (χ0v) is 7.63. The van der Waals surface area contributed by atoms with Crippen molar-refractivity contribution in [3.05, 3.63) is 11.9 Å². The molecule has 0 aliphatic heterocycles. The smallest absolute Gasteiger partial charge is 0.241 e. The van der Waals surface area contributed by atoms with Crippen LogP contribution in [0, 0.1) is 0 Å². The summed E-state index contributed by atoms with van der Waals surface area (Å²) in [4.78, 5) is 0. The molecule has 14 heavy (non-hydrogen) atoms. The third-order valence-corrected chi connectivity index (χ3v) is 1.64. The van der Waals surface area contributed by atoms with Crippen molar-refractivity contribution >= 4 is 0 Å². The molecule has 0 bridgehead atoms. The number of rotatable bonds is 4. The lowest BCUT2D eigenvalue weighted by Gasteiger charge is -2.16. The average Bonchev–Trinajstić information content (AvgIpc) is 2.03. The van der Waals surface area contributed by atoms with E-state index in [1.807, 2.05) is 0 Å². The Labute approximate surface area is 77.6 Å². The summed E-state index contributed by atoms with van der Waals surface area (Å²) in [5, 5.41) is 0. The molecule has 0 aromatic rings. The van der Waals surface area contributed by atoms with Crippen molar-refractivity contribution in [2.24, 2.45) is 0 Å². The molecular formula is C8H10F6. The molecule has 1 atom stereocenters. The normalized spacial score (nSPS) is 17.0. The molecule has 0 nitrogen and oxygen atoms in total. The summed E-state index contributed by atoms with van der Waals surface area (Å²) >= 11 is 0. The third kappa shape index (κ3) is 3.23. The minimum absolute atomic E-state index is 0.466. The SMILES string of the molecule is CCC(F)(F)/C(F)=C/C(F)(F)[C@@H](C)F. The average molecular weight is 220 g/mol. The molecule has 0 amide bonds. The van der Waals surface area contributed by atoms with Gasteiger partial charge in [0.2, 0.25) is 0 Å². The maximum absolute atomic E-state index is 12.5. The van der Waals surface area contributed by atoms with Crippen molar-refractivity contribution < 1.29 is 26.3 Å². The molecule has 0 unspecified atom stereocenters. The highest BCUT2D eigenvalue weighted by Crippen LogP contribution is 2.33. The minimum atomic E-state index is -4.21. The van der Waals surface area contributed by atoms with E-state index in [4.69, 9.17) is 0 Å². The van der Waals surface area contributed by atoms with E-state index < -0.39 is 36.3 Å². The highest BCUT2D eigenvalue weighted by molar-refractivity contribution is 5.10. The van der Waals surface area contributed by atoms with E-state index in [1.54, 1.807) is 0 Å². The number of hydrogen-bond donors (Lipinski definition) is 0. The summed E-state index contributed by atoms with van der Waals surface area (Å²) in [5.41, 5.74) is 0. The lowest BCUT2D eigenvalue weighted by Crippen LogP contribution is -2.27. The maximum Gasteiger partial charge on any atom is 0.299 e. The van der Waals surface area contributed by atoms with Gasteiger partial charge in [0.25, 0.3) is 11.8 Å². The highest BCUT2D eigenvalue weighted by atomic mass is 19.3. The molecule has 0 aromatic heterocycles. The zero-order chi connectivity index (χ0) is 11.6. The van der Waals surface area contributed by atoms with Crippen LogP contribution in [0.25, 0.3) is 0 Å². The van der Waals surface area contributed by atoms with E-state index >= 15 is 0 Å². The Kier molecular flexibility index (Phi) is 4.02. The quantitative estimate of drug-likeness (QED) is 0.630. The van der Waals surface area contributed by atoms with Crippen LogP contribution >= 0.6 is 0 Å². The van der Waals surface area contributed by atoms with E-state index in [1.165, 1.54) is 0 Å². The zero-order valence-electron chi connectivity index (χ0n) is 7.63. The molecule has 0 aliphatic carbocycles. The summed E-state index contributed by atoms with van der Waals surface area (Å²) in [6.45, 7) is 1.40. The molecule has 0 rings (SSSR count). The monoisotopic (exact) mass is 220 g/mol. The van der Waals surface area contributed by atoms with Crippen LogP contribution in [-0.4, -0.2) is 18.0 Å². The largest absolute Gasteiger partial charge is 0.299 e. The Hall–Kier alpha value is -0.680. The molecule has 0 fully saturated rings. The first-order valence-corrected chi connectivity index (χ1v) is 3.92. The van der Waals surface area contributed by atoms with Gasteiger partial charge in [0.05, 0.1) is 0 Å². The van der Waals surface area contributed by atoms with Crippen LogP contribution in [0.1, 0.15) is 20.3 Å². The van der Waals surface area contributed by atoms with Crippen LogP contribution in [0.5, 0.6) is 0 Å². The second-order valence-corrected chi connectivity index (χ2v) is 2.84. The van der Waals surface area contributed by atoms with E-state index in [2.05, 4.69) is 0 Å². The summed E-state index contributed by atoms with van der Waals surface area (Å²) < 4.78 is 74.4. The summed E-state index contributed by atoms with van der Waals surface area (Å²) in [6, 6.07) is 0. The first-order chi connectivity index (χ1) is 6.13. The molecule has 0 aromatic carbocycles. The topological polar surface area (TPSA) is 0 Å². The second-order valence-electron chi connectivity index (χ2n) is 2.84. The van der Waals surface area contributed by atoms with Gasteiger partial charge in [-0.2, -0.15) is 17.6 Å². The molecule has 0 saturated carbocycles. The lowest BCUT2D eigenvalue weighted by atomic mass is 10.1. The molecular weight excluding hydrogens is 210 g/mol. The van der Waals surface area contributed by atoms with Gasteiger partial charge < -0.3 is 0 Å². The molecule has 0 aliphatic rings. The Morgan fingerprint density at radius 1 is 1.29 bits per heavy atom. The molecule has 0 saturated heterocycles. The van der Waals surface area contributed by atoms with Gasteiger partial charge in [0.15, 0.2) is 12.0 Å². The van der Waals surface area contributed by atoms with Gasteiger partial charge >= 0.3 is 0 Å². The second kappa shape index (κ2) is 4.23. The van der Waals surface area contributed by atoms with Crippen molar-refractivity contribution in [1.82, 2.24) is 0 Å². The fourth-order valence-electron chi connectivity index (χ4n) is 0.558. The van der Waals surface area contributed by atoms with Crippen LogP contribution in [-0.2, 0) is 0 Å². The van der Waals surface area contributed by atoms with Crippen molar-refractivity contribution in [3.8, 4) is 0 Å². The fourth-order valence-corrected chi connectivity index (χ4v) is 0.558. The van der Waals surface area contributed by atoms with Crippen molar-refractivity contribution in [2.45, 2.75) is 38.3 Å². The number of halogens is 6. The third-order valence-electron chi connectivity index (χ3n) is 1.64. The lowest BCUT2D eigenvalue weighted by molar-refractivity contribution is -0.0316. The molecule has 0 N–H and O–H groups in total. The number of hydrogen-bond acceptors (Lipinski definition) is 0.